The minimum absolute atomic E-state index is 0.0373. The quantitative estimate of drug-likeness (QED) is 0.759. The summed E-state index contributed by atoms with van der Waals surface area (Å²) in [6.07, 6.45) is 2.99. The van der Waals surface area contributed by atoms with E-state index in [1.165, 1.54) is 18.5 Å². The monoisotopic (exact) mass is 365 g/mol. The summed E-state index contributed by atoms with van der Waals surface area (Å²) in [5, 5.41) is 6.35. The second-order valence-electron chi connectivity index (χ2n) is 7.76. The highest BCUT2D eigenvalue weighted by Gasteiger charge is 2.15. The molecule has 2 N–H and O–H groups in total. The van der Waals surface area contributed by atoms with Crippen LogP contribution in [0.25, 0.3) is 0 Å². The van der Waals surface area contributed by atoms with Gasteiger partial charge in [-0.1, -0.05) is 19.1 Å². The third kappa shape index (κ3) is 5.49. The van der Waals surface area contributed by atoms with Gasteiger partial charge in [-0.15, -0.1) is 0 Å². The summed E-state index contributed by atoms with van der Waals surface area (Å²) >= 11 is 0. The molecular formula is C23H31N3O. The molecule has 0 aromatic heterocycles. The van der Waals surface area contributed by atoms with E-state index in [1.807, 2.05) is 26.0 Å². The van der Waals surface area contributed by atoms with Crippen molar-refractivity contribution >= 4 is 23.0 Å². The van der Waals surface area contributed by atoms with Crippen LogP contribution < -0.4 is 15.5 Å². The predicted octanol–water partition coefficient (Wildman–Crippen LogP) is 4.98. The Balaban J connectivity index is 1.44. The van der Waals surface area contributed by atoms with Gasteiger partial charge in [0.1, 0.15) is 0 Å². The van der Waals surface area contributed by atoms with Crippen LogP contribution in [0.3, 0.4) is 0 Å². The minimum Gasteiger partial charge on any atom is -0.385 e. The van der Waals surface area contributed by atoms with E-state index in [9.17, 15) is 4.79 Å². The van der Waals surface area contributed by atoms with Gasteiger partial charge >= 0.3 is 0 Å². The van der Waals surface area contributed by atoms with Crippen molar-refractivity contribution in [1.82, 2.24) is 0 Å². The molecule has 0 saturated carbocycles. The Kier molecular flexibility index (Phi) is 6.38. The SMILES string of the molecule is Cc1ccc(C)c(NC(=O)CCNc2ccc(N3CCC(C)CC3)cc2)c1. The van der Waals surface area contributed by atoms with Crippen LogP contribution in [0.1, 0.15) is 37.3 Å². The Hall–Kier alpha value is -2.49. The first-order valence-corrected chi connectivity index (χ1v) is 9.97. The van der Waals surface area contributed by atoms with Crippen LogP contribution in [0.5, 0.6) is 0 Å². The van der Waals surface area contributed by atoms with E-state index in [0.717, 1.165) is 41.5 Å². The molecule has 4 nitrogen and oxygen atoms in total. The van der Waals surface area contributed by atoms with Gasteiger partial charge in [0.2, 0.25) is 5.91 Å². The molecule has 0 spiro atoms. The summed E-state index contributed by atoms with van der Waals surface area (Å²) in [6, 6.07) is 14.7. The second kappa shape index (κ2) is 8.94. The number of rotatable bonds is 6. The molecule has 1 saturated heterocycles. The molecule has 1 amide bonds. The number of piperidine rings is 1. The van der Waals surface area contributed by atoms with Gasteiger partial charge in [-0.05, 0) is 74.1 Å². The Bertz CT molecular complexity index is 762. The first-order valence-electron chi connectivity index (χ1n) is 9.97. The summed E-state index contributed by atoms with van der Waals surface area (Å²) in [5.41, 5.74) is 5.49. The first kappa shape index (κ1) is 19.3. The van der Waals surface area contributed by atoms with Gasteiger partial charge < -0.3 is 15.5 Å². The summed E-state index contributed by atoms with van der Waals surface area (Å²) < 4.78 is 0. The highest BCUT2D eigenvalue weighted by Crippen LogP contribution is 2.24. The number of benzene rings is 2. The molecule has 27 heavy (non-hydrogen) atoms. The first-order chi connectivity index (χ1) is 13.0. The lowest BCUT2D eigenvalue weighted by Gasteiger charge is -2.32. The molecule has 2 aromatic rings. The van der Waals surface area contributed by atoms with Crippen LogP contribution >= 0.6 is 0 Å². The summed E-state index contributed by atoms with van der Waals surface area (Å²) in [4.78, 5) is 14.7. The number of nitrogens with one attached hydrogen (secondary N) is 2. The van der Waals surface area contributed by atoms with Gasteiger partial charge in [0.05, 0.1) is 0 Å². The molecule has 1 heterocycles. The van der Waals surface area contributed by atoms with E-state index in [-0.39, 0.29) is 5.91 Å². The number of hydrogen-bond donors (Lipinski definition) is 2. The number of amides is 1. The number of aryl methyl sites for hydroxylation is 2. The lowest BCUT2D eigenvalue weighted by molar-refractivity contribution is -0.115. The fourth-order valence-corrected chi connectivity index (χ4v) is 3.46. The molecule has 0 aliphatic carbocycles. The van der Waals surface area contributed by atoms with Crippen molar-refractivity contribution in [2.75, 3.05) is 35.2 Å². The van der Waals surface area contributed by atoms with Crippen molar-refractivity contribution in [3.8, 4) is 0 Å². The van der Waals surface area contributed by atoms with Gasteiger partial charge in [0.25, 0.3) is 0 Å². The van der Waals surface area contributed by atoms with Gasteiger partial charge in [-0.2, -0.15) is 0 Å². The van der Waals surface area contributed by atoms with E-state index < -0.39 is 0 Å². The molecule has 0 radical (unpaired) electrons. The van der Waals surface area contributed by atoms with Crippen LogP contribution in [0.4, 0.5) is 17.1 Å². The van der Waals surface area contributed by atoms with E-state index >= 15 is 0 Å². The average Bonchev–Trinajstić information content (AvgIpc) is 2.66. The lowest BCUT2D eigenvalue weighted by Crippen LogP contribution is -2.32. The van der Waals surface area contributed by atoms with Crippen LogP contribution in [-0.4, -0.2) is 25.5 Å². The highest BCUT2D eigenvalue weighted by molar-refractivity contribution is 5.91. The zero-order chi connectivity index (χ0) is 19.2. The third-order valence-corrected chi connectivity index (χ3v) is 5.36. The highest BCUT2D eigenvalue weighted by atomic mass is 16.1. The topological polar surface area (TPSA) is 44.4 Å². The molecule has 0 atom stereocenters. The Morgan fingerprint density at radius 2 is 1.78 bits per heavy atom. The standard InChI is InChI=1S/C23H31N3O/c1-17-11-14-26(15-12-17)21-8-6-20(7-9-21)24-13-10-23(27)25-22-16-18(2)4-5-19(22)3/h4-9,16-17,24H,10-15H2,1-3H3,(H,25,27). The molecule has 1 aliphatic heterocycles. The van der Waals surface area contributed by atoms with Crippen molar-refractivity contribution in [3.63, 3.8) is 0 Å². The summed E-state index contributed by atoms with van der Waals surface area (Å²) in [5.74, 6) is 0.882. The smallest absolute Gasteiger partial charge is 0.226 e. The third-order valence-electron chi connectivity index (χ3n) is 5.36. The predicted molar refractivity (Wildman–Crippen MR) is 115 cm³/mol. The van der Waals surface area contributed by atoms with Crippen molar-refractivity contribution in [2.24, 2.45) is 5.92 Å². The van der Waals surface area contributed by atoms with Crippen molar-refractivity contribution in [3.05, 3.63) is 53.6 Å². The molecule has 4 heteroatoms. The Morgan fingerprint density at radius 1 is 1.07 bits per heavy atom. The van der Waals surface area contributed by atoms with Gasteiger partial charge in [0.15, 0.2) is 0 Å². The maximum Gasteiger partial charge on any atom is 0.226 e. The fourth-order valence-electron chi connectivity index (χ4n) is 3.46. The number of nitrogens with zero attached hydrogens (tertiary/aromatic N) is 1. The van der Waals surface area contributed by atoms with E-state index in [1.54, 1.807) is 0 Å². The number of carbonyl (C=O) groups is 1. The molecule has 1 fully saturated rings. The average molecular weight is 366 g/mol. The zero-order valence-electron chi connectivity index (χ0n) is 16.7. The number of anilines is 3. The molecular weight excluding hydrogens is 334 g/mol. The summed E-state index contributed by atoms with van der Waals surface area (Å²) in [6.45, 7) is 9.29. The van der Waals surface area contributed by atoms with Crippen LogP contribution in [0.15, 0.2) is 42.5 Å². The van der Waals surface area contributed by atoms with E-state index in [2.05, 4.69) is 52.8 Å². The van der Waals surface area contributed by atoms with Crippen molar-refractivity contribution in [2.45, 2.75) is 40.0 Å². The maximum absolute atomic E-state index is 12.2. The van der Waals surface area contributed by atoms with Crippen molar-refractivity contribution < 1.29 is 4.79 Å². The van der Waals surface area contributed by atoms with Crippen LogP contribution in [-0.2, 0) is 4.79 Å². The number of carbonyl (C=O) groups excluding carboxylic acids is 1. The number of hydrogen-bond acceptors (Lipinski definition) is 3. The van der Waals surface area contributed by atoms with Gasteiger partial charge in [-0.3, -0.25) is 4.79 Å². The van der Waals surface area contributed by atoms with E-state index in [4.69, 9.17) is 0 Å². The zero-order valence-corrected chi connectivity index (χ0v) is 16.7. The normalized spacial score (nSPS) is 14.9. The lowest BCUT2D eigenvalue weighted by atomic mass is 9.99. The second-order valence-corrected chi connectivity index (χ2v) is 7.76. The van der Waals surface area contributed by atoms with Gasteiger partial charge in [0, 0.05) is 43.1 Å². The van der Waals surface area contributed by atoms with Crippen LogP contribution in [0.2, 0.25) is 0 Å². The fraction of sp³-hybridized carbons (Fsp3) is 0.435. The van der Waals surface area contributed by atoms with Gasteiger partial charge in [-0.25, -0.2) is 0 Å². The molecule has 0 bridgehead atoms. The summed E-state index contributed by atoms with van der Waals surface area (Å²) in [7, 11) is 0. The molecule has 3 rings (SSSR count). The minimum atomic E-state index is 0.0373. The van der Waals surface area contributed by atoms with Crippen LogP contribution in [0, 0.1) is 19.8 Å². The molecule has 1 aliphatic rings. The van der Waals surface area contributed by atoms with Crippen molar-refractivity contribution in [1.29, 1.82) is 0 Å². The Morgan fingerprint density at radius 3 is 2.48 bits per heavy atom. The molecule has 144 valence electrons. The Labute approximate surface area is 163 Å². The van der Waals surface area contributed by atoms with E-state index in [0.29, 0.717) is 13.0 Å². The molecule has 0 unspecified atom stereocenters. The largest absolute Gasteiger partial charge is 0.385 e. The molecule has 2 aromatic carbocycles. The maximum atomic E-state index is 12.2.